The Hall–Kier alpha value is -2.17. The van der Waals surface area contributed by atoms with E-state index in [1.807, 2.05) is 0 Å². The molecular formula is C11H8BNO3. The molecular weight excluding hydrogens is 205 g/mol. The molecule has 2 aromatic rings. The first kappa shape index (κ1) is 10.4. The molecule has 1 N–H and O–H groups in total. The van der Waals surface area contributed by atoms with Gasteiger partial charge in [-0.25, -0.2) is 0 Å². The third-order valence-corrected chi connectivity index (χ3v) is 1.97. The summed E-state index contributed by atoms with van der Waals surface area (Å²) in [5, 5.41) is 9.44. The van der Waals surface area contributed by atoms with Gasteiger partial charge in [-0.3, -0.25) is 0 Å². The number of hydrogen-bond acceptors (Lipinski definition) is 4. The molecule has 1 aromatic heterocycles. The van der Waals surface area contributed by atoms with E-state index in [4.69, 9.17) is 4.74 Å². The predicted octanol–water partition coefficient (Wildman–Crippen LogP) is 1.34. The van der Waals surface area contributed by atoms with E-state index in [1.54, 1.807) is 31.2 Å². The first-order valence-corrected chi connectivity index (χ1v) is 4.67. The molecule has 0 bridgehead atoms. The molecule has 2 rings (SSSR count). The first-order chi connectivity index (χ1) is 7.77. The minimum absolute atomic E-state index is 0.101. The molecule has 1 heterocycles. The second-order valence-corrected chi connectivity index (χ2v) is 3.10. The van der Waals surface area contributed by atoms with Crippen LogP contribution >= 0.6 is 0 Å². The molecule has 0 amide bonds. The third-order valence-electron chi connectivity index (χ3n) is 1.97. The summed E-state index contributed by atoms with van der Waals surface area (Å²) in [6.45, 7) is 1.62. The number of nitrogens with zero attached hydrogens (tertiary/aromatic N) is 1. The molecule has 1 aromatic carbocycles. The van der Waals surface area contributed by atoms with Crippen molar-refractivity contribution in [3.05, 3.63) is 48.2 Å². The fourth-order valence-electron chi connectivity index (χ4n) is 1.22. The molecule has 0 saturated heterocycles. The summed E-state index contributed by atoms with van der Waals surface area (Å²) in [6, 6.07) is 6.21. The van der Waals surface area contributed by atoms with Crippen molar-refractivity contribution in [2.75, 3.05) is 0 Å². The Balaban J connectivity index is 2.19. The molecule has 78 valence electrons. The molecule has 0 saturated carbocycles. The number of phenolic OH excluding ortho intramolecular Hbond substituents is 1. The van der Waals surface area contributed by atoms with Crippen LogP contribution in [0.1, 0.15) is 10.4 Å². The van der Waals surface area contributed by atoms with Crippen LogP contribution in [0.4, 0.5) is 0 Å². The minimum atomic E-state index is -0.605. The van der Waals surface area contributed by atoms with Gasteiger partial charge in [0, 0.05) is 0 Å². The zero-order valence-corrected chi connectivity index (χ0v) is 8.33. The molecule has 0 radical (unpaired) electrons. The Kier molecular flexibility index (Phi) is 2.96. The van der Waals surface area contributed by atoms with Gasteiger partial charge in [-0.2, -0.15) is 0 Å². The molecule has 0 aliphatic rings. The summed E-state index contributed by atoms with van der Waals surface area (Å²) in [6.07, 6.45) is 3.01. The number of esters is 1. The maximum atomic E-state index is 11.6. The van der Waals surface area contributed by atoms with Crippen LogP contribution in [0.15, 0.2) is 42.6 Å². The van der Waals surface area contributed by atoms with Gasteiger partial charge in [0.2, 0.25) is 0 Å². The average Bonchev–Trinajstić information content (AvgIpc) is 2.31. The normalized spacial score (nSPS) is 9.50. The topological polar surface area (TPSA) is 59.4 Å². The quantitative estimate of drug-likeness (QED) is 0.764. The standard InChI is InChI=1S/C11H8BNO3/c14-9-4-2-1-3-8(9)11(15)16-10-7-13-6-5-12-10/h1-7,14H. The zero-order chi connectivity index (χ0) is 11.4. The fourth-order valence-corrected chi connectivity index (χ4v) is 1.22. The number of carbonyl (C=O) groups excluding carboxylic acids is 1. The van der Waals surface area contributed by atoms with Crippen molar-refractivity contribution in [1.82, 2.24) is 4.98 Å². The van der Waals surface area contributed by atoms with Gasteiger partial charge in [0.25, 0.3) is 0 Å². The van der Waals surface area contributed by atoms with Crippen LogP contribution in [0.25, 0.3) is 0 Å². The summed E-state index contributed by atoms with van der Waals surface area (Å²) >= 11 is 0. The number of aromatic nitrogens is 1. The summed E-state index contributed by atoms with van der Waals surface area (Å²) in [5.41, 5.74) is 0.474. The first-order valence-electron chi connectivity index (χ1n) is 4.67. The molecule has 0 aliphatic carbocycles. The monoisotopic (exact) mass is 213 g/mol. The van der Waals surface area contributed by atoms with E-state index in [-0.39, 0.29) is 11.3 Å². The van der Waals surface area contributed by atoms with Gasteiger partial charge in [0.1, 0.15) is 0 Å². The van der Waals surface area contributed by atoms with Gasteiger partial charge in [-0.1, -0.05) is 0 Å². The number of ether oxygens (including phenoxy) is 1. The van der Waals surface area contributed by atoms with Crippen molar-refractivity contribution in [1.29, 1.82) is 0 Å². The van der Waals surface area contributed by atoms with Crippen molar-refractivity contribution >= 4 is 12.9 Å². The van der Waals surface area contributed by atoms with Crippen molar-refractivity contribution in [3.8, 4) is 11.4 Å². The number of hydrogen-bond donors (Lipinski definition) is 1. The van der Waals surface area contributed by atoms with E-state index < -0.39 is 5.97 Å². The molecule has 0 fully saturated rings. The Morgan fingerprint density at radius 1 is 1.38 bits per heavy atom. The van der Waals surface area contributed by atoms with Gasteiger partial charge >= 0.3 is 92.1 Å². The Morgan fingerprint density at radius 3 is 2.88 bits per heavy atom. The van der Waals surface area contributed by atoms with Crippen molar-refractivity contribution in [2.45, 2.75) is 0 Å². The summed E-state index contributed by atoms with van der Waals surface area (Å²) in [7, 11) is 0. The van der Waals surface area contributed by atoms with Gasteiger partial charge in [-0.05, 0) is 0 Å². The SMILES string of the molecule is O=C(Oc1bccnc1)c1ccccc1O. The van der Waals surface area contributed by atoms with Crippen LogP contribution in [0, 0.1) is 0 Å². The maximum absolute atomic E-state index is 11.6. The number of carbonyl (C=O) groups is 1. The van der Waals surface area contributed by atoms with E-state index in [9.17, 15) is 9.90 Å². The van der Waals surface area contributed by atoms with Gasteiger partial charge in [0.15, 0.2) is 0 Å². The number of rotatable bonds is 2. The molecule has 0 atom stereocenters. The number of benzene rings is 1. The predicted molar refractivity (Wildman–Crippen MR) is 58.6 cm³/mol. The van der Waals surface area contributed by atoms with Crippen LogP contribution in [0.3, 0.4) is 0 Å². The molecule has 16 heavy (non-hydrogen) atoms. The molecule has 0 spiro atoms. The van der Waals surface area contributed by atoms with Crippen molar-refractivity contribution in [2.24, 2.45) is 0 Å². The van der Waals surface area contributed by atoms with E-state index >= 15 is 0 Å². The van der Waals surface area contributed by atoms with Gasteiger partial charge < -0.3 is 0 Å². The fraction of sp³-hybridized carbons (Fsp3) is 0. The Bertz CT molecular complexity index is 502. The van der Waals surface area contributed by atoms with Crippen LogP contribution in [0.5, 0.6) is 11.4 Å². The Morgan fingerprint density at radius 2 is 2.19 bits per heavy atom. The number of para-hydroxylation sites is 1. The van der Waals surface area contributed by atoms with Crippen molar-refractivity contribution in [3.63, 3.8) is 0 Å². The van der Waals surface area contributed by atoms with Gasteiger partial charge in [0.05, 0.1) is 0 Å². The van der Waals surface area contributed by atoms with Crippen LogP contribution in [0.2, 0.25) is 0 Å². The van der Waals surface area contributed by atoms with Crippen LogP contribution in [-0.4, -0.2) is 23.0 Å². The molecule has 5 heteroatoms. The molecule has 4 nitrogen and oxygen atoms in total. The summed E-state index contributed by atoms with van der Waals surface area (Å²) < 4.78 is 5.02. The van der Waals surface area contributed by atoms with Crippen LogP contribution in [-0.2, 0) is 0 Å². The summed E-state index contributed by atoms with van der Waals surface area (Å²) in [5.74, 6) is 0.954. The van der Waals surface area contributed by atoms with Crippen molar-refractivity contribution < 1.29 is 14.6 Å². The van der Waals surface area contributed by atoms with E-state index in [0.717, 1.165) is 0 Å². The van der Waals surface area contributed by atoms with E-state index in [0.29, 0.717) is 5.64 Å². The average molecular weight is 213 g/mol. The van der Waals surface area contributed by atoms with E-state index in [1.165, 1.54) is 18.3 Å². The van der Waals surface area contributed by atoms with Gasteiger partial charge in [-0.15, -0.1) is 0 Å². The second kappa shape index (κ2) is 4.57. The second-order valence-electron chi connectivity index (χ2n) is 3.10. The molecule has 0 unspecified atom stereocenters. The number of aromatic hydroxyl groups is 1. The van der Waals surface area contributed by atoms with E-state index in [2.05, 4.69) is 4.98 Å². The zero-order valence-electron chi connectivity index (χ0n) is 8.33. The Labute approximate surface area is 92.7 Å². The summed E-state index contributed by atoms with van der Waals surface area (Å²) in [4.78, 5) is 15.4. The number of phenols is 1. The third kappa shape index (κ3) is 2.25. The van der Waals surface area contributed by atoms with Crippen LogP contribution < -0.4 is 4.74 Å². The molecule has 0 aliphatic heterocycles.